The van der Waals surface area contributed by atoms with Crippen LogP contribution in [0.1, 0.15) is 49.0 Å². The van der Waals surface area contributed by atoms with E-state index in [4.69, 9.17) is 9.47 Å². The van der Waals surface area contributed by atoms with Crippen molar-refractivity contribution in [3.8, 4) is 5.75 Å². The molecule has 0 spiro atoms. The number of hydrogen-bond acceptors (Lipinski definition) is 4. The number of carbonyl (C=O) groups excluding carboxylic acids is 2. The lowest BCUT2D eigenvalue weighted by atomic mass is 10.1. The van der Waals surface area contributed by atoms with Crippen molar-refractivity contribution in [3.05, 3.63) is 29.3 Å². The zero-order chi connectivity index (χ0) is 17.8. The first-order chi connectivity index (χ1) is 12.1. The number of esters is 1. The van der Waals surface area contributed by atoms with Gasteiger partial charge in [-0.05, 0) is 49.4 Å². The van der Waals surface area contributed by atoms with E-state index in [1.54, 1.807) is 0 Å². The Hall–Kier alpha value is -2.04. The first kappa shape index (κ1) is 17.8. The van der Waals surface area contributed by atoms with E-state index in [0.29, 0.717) is 25.3 Å². The quantitative estimate of drug-likeness (QED) is 0.680. The lowest BCUT2D eigenvalue weighted by Crippen LogP contribution is -2.34. The Morgan fingerprint density at radius 2 is 2.16 bits per heavy atom. The van der Waals surface area contributed by atoms with E-state index in [0.717, 1.165) is 43.5 Å². The van der Waals surface area contributed by atoms with Gasteiger partial charge in [0.1, 0.15) is 5.75 Å². The summed E-state index contributed by atoms with van der Waals surface area (Å²) in [5.74, 6) is 1.02. The van der Waals surface area contributed by atoms with E-state index in [2.05, 4.69) is 6.92 Å². The molecule has 0 bridgehead atoms. The van der Waals surface area contributed by atoms with Gasteiger partial charge in [0, 0.05) is 25.1 Å². The molecule has 136 valence electrons. The molecule has 1 amide bonds. The molecule has 2 atom stereocenters. The Balaban J connectivity index is 1.66. The number of hydrogen-bond donors (Lipinski definition) is 0. The van der Waals surface area contributed by atoms with E-state index in [1.807, 2.05) is 30.0 Å². The third-order valence-corrected chi connectivity index (χ3v) is 4.97. The molecule has 0 aromatic heterocycles. The molecular formula is C20H27NO4. The minimum Gasteiger partial charge on any atom is -0.493 e. The van der Waals surface area contributed by atoms with E-state index in [1.165, 1.54) is 0 Å². The Labute approximate surface area is 149 Å². The number of ether oxygens (including phenoxy) is 2. The van der Waals surface area contributed by atoms with Gasteiger partial charge >= 0.3 is 5.97 Å². The summed E-state index contributed by atoms with van der Waals surface area (Å²) in [6.07, 6.45) is 3.69. The molecule has 1 fully saturated rings. The number of carbonyl (C=O) groups is 2. The molecule has 5 heteroatoms. The van der Waals surface area contributed by atoms with Crippen LogP contribution in [0.25, 0.3) is 0 Å². The van der Waals surface area contributed by atoms with Crippen LogP contribution in [-0.4, -0.2) is 43.1 Å². The average Bonchev–Trinajstić information content (AvgIpc) is 3.23. The summed E-state index contributed by atoms with van der Waals surface area (Å²) in [7, 11) is 0. The maximum Gasteiger partial charge on any atom is 0.309 e. The van der Waals surface area contributed by atoms with Gasteiger partial charge < -0.3 is 14.4 Å². The summed E-state index contributed by atoms with van der Waals surface area (Å²) < 4.78 is 10.6. The molecule has 1 aromatic rings. The largest absolute Gasteiger partial charge is 0.493 e. The highest BCUT2D eigenvalue weighted by Crippen LogP contribution is 2.40. The standard InChI is InChI=1S/C20H27NO4/c1-3-5-9-21(13-16-12-17(16)20(23)24-4-2)19(22)15-6-7-18-14(11-15)8-10-25-18/h6-7,11,16-17H,3-5,8-10,12-13H2,1-2H3/t16-,17-/m1/s1. The van der Waals surface area contributed by atoms with Gasteiger partial charge in [0.25, 0.3) is 5.91 Å². The Bertz CT molecular complexity index is 643. The minimum absolute atomic E-state index is 0.0368. The molecule has 25 heavy (non-hydrogen) atoms. The predicted octanol–water partition coefficient (Wildman–Crippen LogP) is 3.06. The lowest BCUT2D eigenvalue weighted by molar-refractivity contribution is -0.145. The Morgan fingerprint density at radius 3 is 2.92 bits per heavy atom. The number of benzene rings is 1. The molecule has 0 unspecified atom stereocenters. The predicted molar refractivity (Wildman–Crippen MR) is 94.7 cm³/mol. The van der Waals surface area contributed by atoms with Gasteiger partial charge in [-0.25, -0.2) is 0 Å². The maximum absolute atomic E-state index is 13.0. The number of fused-ring (bicyclic) bond motifs is 1. The van der Waals surface area contributed by atoms with Gasteiger partial charge in [0.05, 0.1) is 19.1 Å². The van der Waals surface area contributed by atoms with Crippen LogP contribution in [-0.2, 0) is 16.0 Å². The zero-order valence-corrected chi connectivity index (χ0v) is 15.1. The SMILES string of the molecule is CCCCN(C[C@H]1C[C@H]1C(=O)OCC)C(=O)c1ccc2c(c1)CCO2. The van der Waals surface area contributed by atoms with E-state index >= 15 is 0 Å². The van der Waals surface area contributed by atoms with Gasteiger partial charge in [-0.3, -0.25) is 9.59 Å². The van der Waals surface area contributed by atoms with Crippen LogP contribution < -0.4 is 4.74 Å². The van der Waals surface area contributed by atoms with Crippen molar-refractivity contribution in [3.63, 3.8) is 0 Å². The van der Waals surface area contributed by atoms with Crippen molar-refractivity contribution in [2.24, 2.45) is 11.8 Å². The second-order valence-corrected chi connectivity index (χ2v) is 6.88. The molecule has 1 aliphatic heterocycles. The zero-order valence-electron chi connectivity index (χ0n) is 15.1. The number of nitrogens with zero attached hydrogens (tertiary/aromatic N) is 1. The van der Waals surface area contributed by atoms with Gasteiger partial charge in [-0.15, -0.1) is 0 Å². The number of amides is 1. The smallest absolute Gasteiger partial charge is 0.309 e. The lowest BCUT2D eigenvalue weighted by Gasteiger charge is -2.23. The summed E-state index contributed by atoms with van der Waals surface area (Å²) in [5.41, 5.74) is 1.82. The monoisotopic (exact) mass is 345 g/mol. The van der Waals surface area contributed by atoms with Gasteiger partial charge in [0.15, 0.2) is 0 Å². The first-order valence-electron chi connectivity index (χ1n) is 9.35. The van der Waals surface area contributed by atoms with Crippen LogP contribution in [0.4, 0.5) is 0 Å². The van der Waals surface area contributed by atoms with Crippen molar-refractivity contribution in [2.45, 2.75) is 39.5 Å². The molecule has 1 heterocycles. The van der Waals surface area contributed by atoms with Crippen LogP contribution in [0.15, 0.2) is 18.2 Å². The molecule has 0 N–H and O–H groups in total. The topological polar surface area (TPSA) is 55.8 Å². The summed E-state index contributed by atoms with van der Waals surface area (Å²) in [4.78, 5) is 26.7. The molecule has 1 aromatic carbocycles. The highest BCUT2D eigenvalue weighted by Gasteiger charge is 2.45. The van der Waals surface area contributed by atoms with E-state index < -0.39 is 0 Å². The second-order valence-electron chi connectivity index (χ2n) is 6.88. The van der Waals surface area contributed by atoms with Gasteiger partial charge in [-0.2, -0.15) is 0 Å². The summed E-state index contributed by atoms with van der Waals surface area (Å²) >= 11 is 0. The summed E-state index contributed by atoms with van der Waals surface area (Å²) in [5, 5.41) is 0. The van der Waals surface area contributed by atoms with Crippen LogP contribution >= 0.6 is 0 Å². The Kier molecular flexibility index (Phi) is 5.61. The molecule has 2 aliphatic rings. The van der Waals surface area contributed by atoms with Crippen molar-refractivity contribution in [1.29, 1.82) is 0 Å². The third kappa shape index (κ3) is 4.14. The average molecular weight is 345 g/mol. The Morgan fingerprint density at radius 1 is 1.32 bits per heavy atom. The van der Waals surface area contributed by atoms with E-state index in [9.17, 15) is 9.59 Å². The fraction of sp³-hybridized carbons (Fsp3) is 0.600. The molecule has 1 saturated carbocycles. The maximum atomic E-state index is 13.0. The normalized spacial score (nSPS) is 20.6. The number of rotatable bonds is 8. The highest BCUT2D eigenvalue weighted by atomic mass is 16.5. The second kappa shape index (κ2) is 7.89. The van der Waals surface area contributed by atoms with Crippen LogP contribution in [0, 0.1) is 11.8 Å². The van der Waals surface area contributed by atoms with Crippen molar-refractivity contribution in [2.75, 3.05) is 26.3 Å². The van der Waals surface area contributed by atoms with Crippen molar-refractivity contribution < 1.29 is 19.1 Å². The van der Waals surface area contributed by atoms with Crippen LogP contribution in [0.3, 0.4) is 0 Å². The fourth-order valence-electron chi connectivity index (χ4n) is 3.40. The molecule has 0 radical (unpaired) electrons. The van der Waals surface area contributed by atoms with Crippen molar-refractivity contribution >= 4 is 11.9 Å². The molecule has 5 nitrogen and oxygen atoms in total. The fourth-order valence-corrected chi connectivity index (χ4v) is 3.40. The summed E-state index contributed by atoms with van der Waals surface area (Å²) in [6.45, 7) is 6.41. The van der Waals surface area contributed by atoms with Gasteiger partial charge in [0.2, 0.25) is 0 Å². The van der Waals surface area contributed by atoms with Crippen molar-refractivity contribution in [1.82, 2.24) is 4.90 Å². The third-order valence-electron chi connectivity index (χ3n) is 4.97. The molecule has 1 aliphatic carbocycles. The molecule has 0 saturated heterocycles. The highest BCUT2D eigenvalue weighted by molar-refractivity contribution is 5.94. The molecule has 3 rings (SSSR count). The van der Waals surface area contributed by atoms with Crippen LogP contribution in [0.2, 0.25) is 0 Å². The minimum atomic E-state index is -0.120. The van der Waals surface area contributed by atoms with E-state index in [-0.39, 0.29) is 23.7 Å². The number of unbranched alkanes of at least 4 members (excludes halogenated alkanes) is 1. The van der Waals surface area contributed by atoms with Gasteiger partial charge in [-0.1, -0.05) is 13.3 Å². The summed E-state index contributed by atoms with van der Waals surface area (Å²) in [6, 6.07) is 5.70. The van der Waals surface area contributed by atoms with Crippen LogP contribution in [0.5, 0.6) is 5.75 Å². The first-order valence-corrected chi connectivity index (χ1v) is 9.35. The molecular weight excluding hydrogens is 318 g/mol.